The van der Waals surface area contributed by atoms with Crippen molar-refractivity contribution in [2.75, 3.05) is 10.2 Å². The SMILES string of the molecule is C[Si](C)(C)c1ccc(N(c2ccccc2)c2c3ccccc3c(Nc3ccccc3)c3ccccc23)cc1. The molecule has 1 N–H and O–H groups in total. The van der Waals surface area contributed by atoms with Crippen molar-refractivity contribution in [1.82, 2.24) is 0 Å². The maximum atomic E-state index is 3.75. The topological polar surface area (TPSA) is 15.3 Å². The van der Waals surface area contributed by atoms with Crippen LogP contribution in [0.4, 0.5) is 28.4 Å². The van der Waals surface area contributed by atoms with Gasteiger partial charge in [0.2, 0.25) is 0 Å². The predicted octanol–water partition coefficient (Wildman–Crippen LogP) is 9.75. The molecule has 0 aliphatic carbocycles. The molecule has 38 heavy (non-hydrogen) atoms. The first-order valence-corrected chi connectivity index (χ1v) is 16.7. The summed E-state index contributed by atoms with van der Waals surface area (Å²) in [7, 11) is -1.41. The van der Waals surface area contributed by atoms with Gasteiger partial charge in [-0.2, -0.15) is 0 Å². The van der Waals surface area contributed by atoms with Gasteiger partial charge < -0.3 is 10.2 Å². The van der Waals surface area contributed by atoms with Gasteiger partial charge in [-0.1, -0.05) is 122 Å². The van der Waals surface area contributed by atoms with Crippen molar-refractivity contribution in [1.29, 1.82) is 0 Å². The molecule has 0 heterocycles. The van der Waals surface area contributed by atoms with Gasteiger partial charge in [0.15, 0.2) is 0 Å². The third kappa shape index (κ3) is 4.46. The van der Waals surface area contributed by atoms with Crippen molar-refractivity contribution in [2.45, 2.75) is 19.6 Å². The van der Waals surface area contributed by atoms with E-state index in [0.29, 0.717) is 0 Å². The molecule has 0 bridgehead atoms. The molecule has 0 atom stereocenters. The molecule has 0 radical (unpaired) electrons. The van der Waals surface area contributed by atoms with Crippen molar-refractivity contribution in [2.24, 2.45) is 0 Å². The quantitative estimate of drug-likeness (QED) is 0.137. The normalized spacial score (nSPS) is 11.6. The molecule has 0 fully saturated rings. The molecular formula is C35H32N2Si. The molecule has 0 saturated carbocycles. The maximum Gasteiger partial charge on any atom is 0.0775 e. The summed E-state index contributed by atoms with van der Waals surface area (Å²) in [6, 6.07) is 47.9. The Balaban J connectivity index is 1.66. The van der Waals surface area contributed by atoms with Crippen LogP contribution >= 0.6 is 0 Å². The van der Waals surface area contributed by atoms with E-state index in [4.69, 9.17) is 0 Å². The van der Waals surface area contributed by atoms with E-state index in [1.165, 1.54) is 32.4 Å². The smallest absolute Gasteiger partial charge is 0.0775 e. The summed E-state index contributed by atoms with van der Waals surface area (Å²) in [5.74, 6) is 0. The van der Waals surface area contributed by atoms with Crippen molar-refractivity contribution < 1.29 is 0 Å². The van der Waals surface area contributed by atoms with E-state index in [0.717, 1.165) is 22.7 Å². The molecule has 2 nitrogen and oxygen atoms in total. The van der Waals surface area contributed by atoms with Crippen LogP contribution in [0.25, 0.3) is 21.5 Å². The van der Waals surface area contributed by atoms with Crippen LogP contribution in [0.1, 0.15) is 0 Å². The highest BCUT2D eigenvalue weighted by atomic mass is 28.3. The number of rotatable bonds is 6. The van der Waals surface area contributed by atoms with Crippen LogP contribution in [0.5, 0.6) is 0 Å². The highest BCUT2D eigenvalue weighted by Gasteiger charge is 2.22. The highest BCUT2D eigenvalue weighted by Crippen LogP contribution is 2.47. The molecule has 3 heteroatoms. The van der Waals surface area contributed by atoms with Crippen LogP contribution in [-0.2, 0) is 0 Å². The zero-order valence-corrected chi connectivity index (χ0v) is 23.1. The largest absolute Gasteiger partial charge is 0.355 e. The summed E-state index contributed by atoms with van der Waals surface area (Å²) in [6.45, 7) is 7.20. The van der Waals surface area contributed by atoms with E-state index >= 15 is 0 Å². The summed E-state index contributed by atoms with van der Waals surface area (Å²) < 4.78 is 0. The fraction of sp³-hybridized carbons (Fsp3) is 0.0857. The highest BCUT2D eigenvalue weighted by molar-refractivity contribution is 6.88. The Hall–Kier alpha value is -4.34. The van der Waals surface area contributed by atoms with E-state index in [9.17, 15) is 0 Å². The summed E-state index contributed by atoms with van der Waals surface area (Å²) >= 11 is 0. The second-order valence-electron chi connectivity index (χ2n) is 10.8. The first-order valence-electron chi connectivity index (χ1n) is 13.2. The molecule has 6 aromatic carbocycles. The lowest BCUT2D eigenvalue weighted by atomic mass is 9.96. The second-order valence-corrected chi connectivity index (χ2v) is 15.9. The fourth-order valence-corrected chi connectivity index (χ4v) is 6.41. The Morgan fingerprint density at radius 3 is 1.45 bits per heavy atom. The van der Waals surface area contributed by atoms with E-state index < -0.39 is 8.07 Å². The number of nitrogens with zero attached hydrogens (tertiary/aromatic N) is 1. The molecule has 0 unspecified atom stereocenters. The van der Waals surface area contributed by atoms with E-state index in [1.807, 2.05) is 0 Å². The van der Waals surface area contributed by atoms with E-state index in [-0.39, 0.29) is 0 Å². The van der Waals surface area contributed by atoms with Gasteiger partial charge in [0.05, 0.1) is 19.4 Å². The lowest BCUT2D eigenvalue weighted by Gasteiger charge is -2.30. The van der Waals surface area contributed by atoms with Gasteiger partial charge >= 0.3 is 0 Å². The average molecular weight is 509 g/mol. The molecule has 6 rings (SSSR count). The molecule has 0 amide bonds. The standard InChI is InChI=1S/C35H32N2Si/c1-38(2,3)29-24-22-28(23-25-29)37(27-16-8-5-9-17-27)35-32-20-12-10-18-30(32)34(31-19-11-13-21-33(31)35)36-26-14-6-4-7-15-26/h4-25,36H,1-3H3. The number of para-hydroxylation sites is 2. The fourth-order valence-electron chi connectivity index (χ4n) is 5.24. The maximum absolute atomic E-state index is 3.75. The number of hydrogen-bond donors (Lipinski definition) is 1. The molecular weight excluding hydrogens is 476 g/mol. The number of anilines is 5. The van der Waals surface area contributed by atoms with Gasteiger partial charge in [0, 0.05) is 38.6 Å². The molecule has 0 aromatic heterocycles. The Morgan fingerprint density at radius 1 is 0.474 bits per heavy atom. The Kier molecular flexibility index (Phi) is 6.22. The molecule has 6 aromatic rings. The summed E-state index contributed by atoms with van der Waals surface area (Å²) in [5, 5.41) is 10.0. The van der Waals surface area contributed by atoms with Crippen LogP contribution in [0.2, 0.25) is 19.6 Å². The summed E-state index contributed by atoms with van der Waals surface area (Å²) in [5.41, 5.74) is 5.72. The van der Waals surface area contributed by atoms with Gasteiger partial charge in [-0.3, -0.25) is 0 Å². The molecule has 0 aliphatic rings. The predicted molar refractivity (Wildman–Crippen MR) is 169 cm³/mol. The zero-order valence-electron chi connectivity index (χ0n) is 22.1. The van der Waals surface area contributed by atoms with Crippen LogP contribution in [-0.4, -0.2) is 8.07 Å². The molecule has 0 aliphatic heterocycles. The first-order chi connectivity index (χ1) is 18.5. The monoisotopic (exact) mass is 508 g/mol. The van der Waals surface area contributed by atoms with Crippen LogP contribution in [0.15, 0.2) is 133 Å². The minimum Gasteiger partial charge on any atom is -0.355 e. The van der Waals surface area contributed by atoms with Gasteiger partial charge in [-0.25, -0.2) is 0 Å². The average Bonchev–Trinajstić information content (AvgIpc) is 2.95. The molecule has 0 spiro atoms. The van der Waals surface area contributed by atoms with Gasteiger partial charge in [0.25, 0.3) is 0 Å². The number of hydrogen-bond acceptors (Lipinski definition) is 2. The minimum atomic E-state index is -1.41. The van der Waals surface area contributed by atoms with Crippen LogP contribution in [0, 0.1) is 0 Å². The van der Waals surface area contributed by atoms with Crippen molar-refractivity contribution in [3.63, 3.8) is 0 Å². The van der Waals surface area contributed by atoms with Crippen molar-refractivity contribution >= 4 is 63.2 Å². The number of nitrogens with one attached hydrogen (secondary N) is 1. The lowest BCUT2D eigenvalue weighted by molar-refractivity contribution is 1.31. The van der Waals surface area contributed by atoms with Crippen molar-refractivity contribution in [3.05, 3.63) is 133 Å². The van der Waals surface area contributed by atoms with Gasteiger partial charge in [0.1, 0.15) is 0 Å². The molecule has 186 valence electrons. The van der Waals surface area contributed by atoms with Crippen LogP contribution < -0.4 is 15.4 Å². The number of benzene rings is 6. The zero-order chi connectivity index (χ0) is 26.1. The van der Waals surface area contributed by atoms with Gasteiger partial charge in [-0.15, -0.1) is 0 Å². The van der Waals surface area contributed by atoms with E-state index in [2.05, 4.69) is 163 Å². The second kappa shape index (κ2) is 9.84. The summed E-state index contributed by atoms with van der Waals surface area (Å²) in [6.07, 6.45) is 0. The van der Waals surface area contributed by atoms with Crippen LogP contribution in [0.3, 0.4) is 0 Å². The minimum absolute atomic E-state index is 1.08. The Labute approximate surface area is 226 Å². The Bertz CT molecular complexity index is 1650. The number of fused-ring (bicyclic) bond motifs is 2. The Morgan fingerprint density at radius 2 is 0.921 bits per heavy atom. The summed E-state index contributed by atoms with van der Waals surface area (Å²) in [4.78, 5) is 2.42. The third-order valence-electron chi connectivity index (χ3n) is 7.18. The van der Waals surface area contributed by atoms with E-state index in [1.54, 1.807) is 0 Å². The third-order valence-corrected chi connectivity index (χ3v) is 9.24. The first kappa shape index (κ1) is 24.0. The van der Waals surface area contributed by atoms with Gasteiger partial charge in [-0.05, 0) is 36.4 Å². The molecule has 0 saturated heterocycles. The van der Waals surface area contributed by atoms with Crippen molar-refractivity contribution in [3.8, 4) is 0 Å². The lowest BCUT2D eigenvalue weighted by Crippen LogP contribution is -2.37.